The van der Waals surface area contributed by atoms with Crippen molar-refractivity contribution in [3.63, 3.8) is 0 Å². The average Bonchev–Trinajstić information content (AvgIpc) is 3.25. The predicted molar refractivity (Wildman–Crippen MR) is 140 cm³/mol. The molecule has 2 aromatic rings. The standard InChI is InChI=1S/C25H35N3O3.HI/c1-4-26-25(27-16-21-14-15-30-24(21)20-8-6-5-7-9-20)28-17-23(29)19-10-12-22(13-11-19)31-18(2)3;/h5-13,18,21,23-24,29H,4,14-17H2,1-3H3,(H2,26,27,28);1H. The minimum atomic E-state index is -0.671. The average molecular weight is 553 g/mol. The highest BCUT2D eigenvalue weighted by atomic mass is 127. The van der Waals surface area contributed by atoms with E-state index in [0.717, 1.165) is 37.4 Å². The van der Waals surface area contributed by atoms with Crippen LogP contribution in [0, 0.1) is 5.92 Å². The first-order chi connectivity index (χ1) is 15.1. The van der Waals surface area contributed by atoms with Gasteiger partial charge in [0, 0.05) is 25.6 Å². The zero-order valence-corrected chi connectivity index (χ0v) is 21.5. The number of rotatable bonds is 9. The molecule has 0 bridgehead atoms. The van der Waals surface area contributed by atoms with Crippen molar-refractivity contribution in [3.05, 3.63) is 65.7 Å². The smallest absolute Gasteiger partial charge is 0.191 e. The van der Waals surface area contributed by atoms with E-state index in [1.165, 1.54) is 5.56 Å². The van der Waals surface area contributed by atoms with E-state index in [1.54, 1.807) is 0 Å². The molecule has 1 heterocycles. The van der Waals surface area contributed by atoms with Crippen molar-refractivity contribution in [1.82, 2.24) is 10.6 Å². The Hall–Kier alpha value is -1.84. The molecule has 7 heteroatoms. The second kappa shape index (κ2) is 13.6. The van der Waals surface area contributed by atoms with Crippen LogP contribution in [0.2, 0.25) is 0 Å². The van der Waals surface area contributed by atoms with Gasteiger partial charge in [-0.15, -0.1) is 24.0 Å². The molecule has 3 N–H and O–H groups in total. The molecule has 176 valence electrons. The fraction of sp³-hybridized carbons (Fsp3) is 0.480. The molecule has 0 aromatic heterocycles. The number of halogens is 1. The zero-order valence-electron chi connectivity index (χ0n) is 19.2. The van der Waals surface area contributed by atoms with Crippen LogP contribution in [-0.4, -0.2) is 43.4 Å². The Bertz CT molecular complexity index is 815. The van der Waals surface area contributed by atoms with Gasteiger partial charge in [-0.1, -0.05) is 42.5 Å². The Kier molecular flexibility index (Phi) is 11.3. The molecule has 2 aromatic carbocycles. The highest BCUT2D eigenvalue weighted by molar-refractivity contribution is 14.0. The van der Waals surface area contributed by atoms with Crippen LogP contribution in [-0.2, 0) is 4.74 Å². The van der Waals surface area contributed by atoms with Crippen molar-refractivity contribution in [2.24, 2.45) is 10.9 Å². The summed E-state index contributed by atoms with van der Waals surface area (Å²) in [6, 6.07) is 17.9. The van der Waals surface area contributed by atoms with Crippen LogP contribution >= 0.6 is 24.0 Å². The summed E-state index contributed by atoms with van der Waals surface area (Å²) in [7, 11) is 0. The van der Waals surface area contributed by atoms with E-state index in [-0.39, 0.29) is 42.7 Å². The largest absolute Gasteiger partial charge is 0.491 e. The van der Waals surface area contributed by atoms with Gasteiger partial charge in [-0.2, -0.15) is 0 Å². The highest BCUT2D eigenvalue weighted by Gasteiger charge is 2.29. The number of benzene rings is 2. The number of hydrogen-bond acceptors (Lipinski definition) is 4. The molecule has 0 radical (unpaired) electrons. The van der Waals surface area contributed by atoms with Gasteiger partial charge in [0.2, 0.25) is 0 Å². The summed E-state index contributed by atoms with van der Waals surface area (Å²) in [5.41, 5.74) is 2.04. The van der Waals surface area contributed by atoms with Gasteiger partial charge in [-0.3, -0.25) is 4.99 Å². The van der Waals surface area contributed by atoms with Crippen molar-refractivity contribution in [3.8, 4) is 5.75 Å². The van der Waals surface area contributed by atoms with E-state index >= 15 is 0 Å². The van der Waals surface area contributed by atoms with Crippen molar-refractivity contribution in [2.45, 2.75) is 45.5 Å². The van der Waals surface area contributed by atoms with Gasteiger partial charge >= 0.3 is 0 Å². The summed E-state index contributed by atoms with van der Waals surface area (Å²) in [6.45, 7) is 8.60. The second-order valence-corrected chi connectivity index (χ2v) is 8.10. The third-order valence-electron chi connectivity index (χ3n) is 5.28. The molecule has 3 rings (SSSR count). The second-order valence-electron chi connectivity index (χ2n) is 8.10. The van der Waals surface area contributed by atoms with Crippen LogP contribution in [0.4, 0.5) is 0 Å². The fourth-order valence-electron chi connectivity index (χ4n) is 3.75. The molecule has 32 heavy (non-hydrogen) atoms. The number of nitrogens with one attached hydrogen (secondary N) is 2. The summed E-state index contributed by atoms with van der Waals surface area (Å²) in [5.74, 6) is 1.89. The van der Waals surface area contributed by atoms with Crippen LogP contribution in [0.25, 0.3) is 0 Å². The number of aliphatic hydroxyl groups excluding tert-OH is 1. The zero-order chi connectivity index (χ0) is 22.1. The SMILES string of the molecule is CCNC(=NCC(O)c1ccc(OC(C)C)cc1)NCC1CCOC1c1ccccc1.I. The predicted octanol–water partition coefficient (Wildman–Crippen LogP) is 4.46. The monoisotopic (exact) mass is 553 g/mol. The first-order valence-corrected chi connectivity index (χ1v) is 11.2. The van der Waals surface area contributed by atoms with Crippen molar-refractivity contribution < 1.29 is 14.6 Å². The summed E-state index contributed by atoms with van der Waals surface area (Å²) < 4.78 is 11.6. The van der Waals surface area contributed by atoms with E-state index < -0.39 is 6.10 Å². The van der Waals surface area contributed by atoms with E-state index in [1.807, 2.05) is 51.1 Å². The Labute approximate surface area is 208 Å². The van der Waals surface area contributed by atoms with Crippen molar-refractivity contribution in [1.29, 1.82) is 0 Å². The van der Waals surface area contributed by atoms with Gasteiger partial charge in [0.05, 0.1) is 24.9 Å². The molecule has 0 amide bonds. The summed E-state index contributed by atoms with van der Waals surface area (Å²) in [4.78, 5) is 4.59. The van der Waals surface area contributed by atoms with E-state index in [9.17, 15) is 5.11 Å². The molecule has 0 aliphatic carbocycles. The summed E-state index contributed by atoms with van der Waals surface area (Å²) in [6.07, 6.45) is 0.574. The fourth-order valence-corrected chi connectivity index (χ4v) is 3.75. The van der Waals surface area contributed by atoms with Crippen LogP contribution in [0.1, 0.15) is 50.5 Å². The molecule has 1 saturated heterocycles. The molecule has 1 fully saturated rings. The van der Waals surface area contributed by atoms with Gasteiger partial charge in [-0.05, 0) is 50.5 Å². The van der Waals surface area contributed by atoms with Gasteiger partial charge in [0.25, 0.3) is 0 Å². The van der Waals surface area contributed by atoms with E-state index in [2.05, 4.69) is 39.9 Å². The number of aliphatic imine (C=N–C) groups is 1. The van der Waals surface area contributed by atoms with Crippen molar-refractivity contribution in [2.75, 3.05) is 26.2 Å². The summed E-state index contributed by atoms with van der Waals surface area (Å²) >= 11 is 0. The van der Waals surface area contributed by atoms with Gasteiger partial charge < -0.3 is 25.2 Å². The maximum absolute atomic E-state index is 10.6. The Morgan fingerprint density at radius 2 is 1.84 bits per heavy atom. The Morgan fingerprint density at radius 1 is 1.12 bits per heavy atom. The van der Waals surface area contributed by atoms with E-state index in [4.69, 9.17) is 9.47 Å². The molecular formula is C25H36IN3O3. The third kappa shape index (κ3) is 7.94. The Morgan fingerprint density at radius 3 is 2.50 bits per heavy atom. The quantitative estimate of drug-likeness (QED) is 0.243. The first kappa shape index (κ1) is 26.4. The number of aliphatic hydroxyl groups is 1. The lowest BCUT2D eigenvalue weighted by atomic mass is 9.95. The molecule has 6 nitrogen and oxygen atoms in total. The molecule has 0 saturated carbocycles. The van der Waals surface area contributed by atoms with Gasteiger partial charge in [0.15, 0.2) is 5.96 Å². The van der Waals surface area contributed by atoms with Crippen LogP contribution in [0.15, 0.2) is 59.6 Å². The first-order valence-electron chi connectivity index (χ1n) is 11.2. The Balaban J connectivity index is 0.00000363. The lowest BCUT2D eigenvalue weighted by molar-refractivity contribution is 0.0915. The number of ether oxygens (including phenoxy) is 2. The molecule has 1 aliphatic heterocycles. The maximum atomic E-state index is 10.6. The summed E-state index contributed by atoms with van der Waals surface area (Å²) in [5, 5.41) is 17.3. The number of nitrogens with zero attached hydrogens (tertiary/aromatic N) is 1. The van der Waals surface area contributed by atoms with Gasteiger partial charge in [-0.25, -0.2) is 0 Å². The van der Waals surface area contributed by atoms with Crippen molar-refractivity contribution >= 4 is 29.9 Å². The molecule has 3 unspecified atom stereocenters. The number of guanidine groups is 1. The van der Waals surface area contributed by atoms with Crippen LogP contribution in [0.3, 0.4) is 0 Å². The third-order valence-corrected chi connectivity index (χ3v) is 5.28. The minimum Gasteiger partial charge on any atom is -0.491 e. The highest BCUT2D eigenvalue weighted by Crippen LogP contribution is 2.33. The molecule has 0 spiro atoms. The van der Waals surface area contributed by atoms with Crippen LogP contribution < -0.4 is 15.4 Å². The topological polar surface area (TPSA) is 75.1 Å². The minimum absolute atomic E-state index is 0. The van der Waals surface area contributed by atoms with Crippen LogP contribution in [0.5, 0.6) is 5.75 Å². The molecule has 1 aliphatic rings. The lowest BCUT2D eigenvalue weighted by Gasteiger charge is -2.21. The van der Waals surface area contributed by atoms with E-state index in [0.29, 0.717) is 11.9 Å². The molecular weight excluding hydrogens is 517 g/mol. The van der Waals surface area contributed by atoms with Gasteiger partial charge in [0.1, 0.15) is 5.75 Å². The number of hydrogen-bond donors (Lipinski definition) is 3. The lowest BCUT2D eigenvalue weighted by Crippen LogP contribution is -2.40. The molecule has 3 atom stereocenters. The maximum Gasteiger partial charge on any atom is 0.191 e. The normalized spacial score (nSPS) is 19.3.